The molecule has 3 heterocycles. The third-order valence-electron chi connectivity index (χ3n) is 5.27. The average molecular weight is 416 g/mol. The van der Waals surface area contributed by atoms with Crippen molar-refractivity contribution in [3.8, 4) is 5.75 Å². The average Bonchev–Trinajstić information content (AvgIpc) is 2.69. The number of hydrogen-bond acceptors (Lipinski definition) is 5. The summed E-state index contributed by atoms with van der Waals surface area (Å²) in [7, 11) is 0. The molecule has 1 spiro atoms. The number of amides is 2. The Bertz CT molecular complexity index is 1000. The first-order chi connectivity index (χ1) is 13.9. The van der Waals surface area contributed by atoms with Gasteiger partial charge in [-0.15, -0.1) is 0 Å². The van der Waals surface area contributed by atoms with Crippen molar-refractivity contribution in [1.29, 1.82) is 0 Å². The van der Waals surface area contributed by atoms with Crippen LogP contribution in [0.3, 0.4) is 0 Å². The molecule has 1 aromatic carbocycles. The number of benzene rings is 1. The second-order valence-electron chi connectivity index (χ2n) is 7.15. The number of anilines is 1. The number of carbonyl (C=O) groups excluding carboxylic acids is 2. The number of para-hydroxylation sites is 1. The van der Waals surface area contributed by atoms with Crippen LogP contribution in [0.4, 0.5) is 10.6 Å². The minimum atomic E-state index is -1.10. The monoisotopic (exact) mass is 415 g/mol. The van der Waals surface area contributed by atoms with Crippen LogP contribution in [0.15, 0.2) is 36.5 Å². The number of hydrogen-bond donors (Lipinski definition) is 2. The van der Waals surface area contributed by atoms with Crippen molar-refractivity contribution in [3.05, 3.63) is 52.7 Å². The molecule has 8 nitrogen and oxygen atoms in total. The Hall–Kier alpha value is -3.13. The van der Waals surface area contributed by atoms with E-state index in [1.54, 1.807) is 23.1 Å². The van der Waals surface area contributed by atoms with Crippen molar-refractivity contribution in [2.45, 2.75) is 24.9 Å². The van der Waals surface area contributed by atoms with E-state index in [1.807, 2.05) is 0 Å². The maximum Gasteiger partial charge on any atom is 0.335 e. The third-order valence-corrected chi connectivity index (χ3v) is 5.57. The first kappa shape index (κ1) is 19.2. The molecule has 29 heavy (non-hydrogen) atoms. The zero-order valence-electron chi connectivity index (χ0n) is 15.4. The predicted octanol–water partition coefficient (Wildman–Crippen LogP) is 3.47. The van der Waals surface area contributed by atoms with Gasteiger partial charge < -0.3 is 14.7 Å². The van der Waals surface area contributed by atoms with Crippen molar-refractivity contribution < 1.29 is 24.2 Å². The van der Waals surface area contributed by atoms with Gasteiger partial charge in [0.05, 0.1) is 22.6 Å². The summed E-state index contributed by atoms with van der Waals surface area (Å²) in [6, 6.07) is 7.39. The molecule has 2 aliphatic rings. The van der Waals surface area contributed by atoms with E-state index in [0.717, 1.165) is 0 Å². The Morgan fingerprint density at radius 3 is 2.72 bits per heavy atom. The number of ether oxygens (including phenoxy) is 1. The van der Waals surface area contributed by atoms with Crippen LogP contribution in [0.5, 0.6) is 5.75 Å². The number of pyridine rings is 1. The summed E-state index contributed by atoms with van der Waals surface area (Å²) in [5, 5.41) is 12.1. The quantitative estimate of drug-likeness (QED) is 0.777. The molecular formula is C20H18ClN3O5. The van der Waals surface area contributed by atoms with Gasteiger partial charge in [-0.25, -0.2) is 14.6 Å². The van der Waals surface area contributed by atoms with Gasteiger partial charge in [0.25, 0.3) is 0 Å². The molecule has 1 saturated heterocycles. The van der Waals surface area contributed by atoms with E-state index < -0.39 is 11.6 Å². The van der Waals surface area contributed by atoms with E-state index in [1.165, 1.54) is 18.3 Å². The summed E-state index contributed by atoms with van der Waals surface area (Å²) < 4.78 is 6.16. The van der Waals surface area contributed by atoms with Crippen LogP contribution in [0, 0.1) is 0 Å². The highest BCUT2D eigenvalue weighted by molar-refractivity contribution is 6.32. The van der Waals surface area contributed by atoms with Crippen LogP contribution < -0.4 is 10.1 Å². The van der Waals surface area contributed by atoms with Gasteiger partial charge in [0.2, 0.25) is 0 Å². The standard InChI is InChI=1S/C20H18ClN3O5/c21-14-3-1-2-13-15(25)11-20(29-17(13)14)5-8-24(9-6-20)19(28)23-16-10-12(18(26)27)4-7-22-16/h1-4,7,10H,5-6,8-9,11H2,(H,26,27)(H,22,23,28). The number of likely N-dealkylation sites (tertiary alicyclic amines) is 1. The van der Waals surface area contributed by atoms with Gasteiger partial charge in [-0.3, -0.25) is 10.1 Å². The smallest absolute Gasteiger partial charge is 0.335 e. The molecular weight excluding hydrogens is 398 g/mol. The van der Waals surface area contributed by atoms with Gasteiger partial charge in [-0.2, -0.15) is 0 Å². The minimum absolute atomic E-state index is 0.0127. The summed E-state index contributed by atoms with van der Waals surface area (Å²) in [6.45, 7) is 0.773. The molecule has 150 valence electrons. The third kappa shape index (κ3) is 3.75. The Labute approximate surface area is 171 Å². The normalized spacial score (nSPS) is 17.4. The molecule has 0 bridgehead atoms. The fraction of sp³-hybridized carbons (Fsp3) is 0.300. The van der Waals surface area contributed by atoms with Gasteiger partial charge in [0.15, 0.2) is 5.78 Å². The maximum absolute atomic E-state index is 12.6. The molecule has 0 saturated carbocycles. The molecule has 0 atom stereocenters. The van der Waals surface area contributed by atoms with Gasteiger partial charge in [-0.05, 0) is 24.3 Å². The molecule has 2 aliphatic heterocycles. The topological polar surface area (TPSA) is 109 Å². The zero-order chi connectivity index (χ0) is 20.6. The van der Waals surface area contributed by atoms with E-state index in [9.17, 15) is 14.4 Å². The number of aromatic nitrogens is 1. The molecule has 2 aromatic rings. The second-order valence-corrected chi connectivity index (χ2v) is 7.56. The number of carboxylic acid groups (broad SMARTS) is 1. The number of fused-ring (bicyclic) bond motifs is 1. The predicted molar refractivity (Wildman–Crippen MR) is 105 cm³/mol. The minimum Gasteiger partial charge on any atom is -0.484 e. The SMILES string of the molecule is O=C(O)c1ccnc(NC(=O)N2CCC3(CC2)CC(=O)c2cccc(Cl)c2O3)c1. The van der Waals surface area contributed by atoms with E-state index in [4.69, 9.17) is 21.4 Å². The van der Waals surface area contributed by atoms with Gasteiger partial charge in [0, 0.05) is 32.1 Å². The lowest BCUT2D eigenvalue weighted by Crippen LogP contribution is -2.53. The highest BCUT2D eigenvalue weighted by atomic mass is 35.5. The number of urea groups is 1. The van der Waals surface area contributed by atoms with E-state index in [0.29, 0.717) is 42.3 Å². The highest BCUT2D eigenvalue weighted by Crippen LogP contribution is 2.42. The van der Waals surface area contributed by atoms with Crippen molar-refractivity contribution in [2.24, 2.45) is 0 Å². The lowest BCUT2D eigenvalue weighted by molar-refractivity contribution is 0.000434. The van der Waals surface area contributed by atoms with Crippen LogP contribution in [-0.2, 0) is 0 Å². The van der Waals surface area contributed by atoms with E-state index >= 15 is 0 Å². The number of halogens is 1. The number of carboxylic acids is 1. The fourth-order valence-corrected chi connectivity index (χ4v) is 3.90. The summed E-state index contributed by atoms with van der Waals surface area (Å²) in [5.41, 5.74) is -0.141. The summed E-state index contributed by atoms with van der Waals surface area (Å²) in [5.74, 6) is -0.528. The lowest BCUT2D eigenvalue weighted by atomic mass is 9.82. The maximum atomic E-state index is 12.6. The largest absolute Gasteiger partial charge is 0.484 e. The summed E-state index contributed by atoms with van der Waals surface area (Å²) in [4.78, 5) is 41.7. The van der Waals surface area contributed by atoms with Gasteiger partial charge in [-0.1, -0.05) is 17.7 Å². The summed E-state index contributed by atoms with van der Waals surface area (Å²) >= 11 is 6.21. The van der Waals surface area contributed by atoms with Crippen molar-refractivity contribution in [3.63, 3.8) is 0 Å². The Kier molecular flexibility index (Phi) is 4.87. The molecule has 2 amide bonds. The number of aromatic carboxylic acids is 1. The number of carbonyl (C=O) groups is 3. The van der Waals surface area contributed by atoms with E-state index in [2.05, 4.69) is 10.3 Å². The molecule has 1 fully saturated rings. The van der Waals surface area contributed by atoms with Crippen molar-refractivity contribution in [1.82, 2.24) is 9.88 Å². The Morgan fingerprint density at radius 2 is 2.00 bits per heavy atom. The molecule has 0 aliphatic carbocycles. The number of rotatable bonds is 2. The van der Waals surface area contributed by atoms with E-state index in [-0.39, 0.29) is 29.6 Å². The van der Waals surface area contributed by atoms with Gasteiger partial charge in [0.1, 0.15) is 17.2 Å². The molecule has 2 N–H and O–H groups in total. The lowest BCUT2D eigenvalue weighted by Gasteiger charge is -2.44. The van der Waals surface area contributed by atoms with Crippen LogP contribution in [0.25, 0.3) is 0 Å². The molecule has 9 heteroatoms. The van der Waals surface area contributed by atoms with Crippen LogP contribution >= 0.6 is 11.6 Å². The Morgan fingerprint density at radius 1 is 1.24 bits per heavy atom. The first-order valence-electron chi connectivity index (χ1n) is 9.13. The van der Waals surface area contributed by atoms with Crippen LogP contribution in [-0.4, -0.2) is 51.5 Å². The van der Waals surface area contributed by atoms with Gasteiger partial charge >= 0.3 is 12.0 Å². The van der Waals surface area contributed by atoms with Crippen LogP contribution in [0.2, 0.25) is 5.02 Å². The molecule has 0 radical (unpaired) electrons. The van der Waals surface area contributed by atoms with Crippen molar-refractivity contribution in [2.75, 3.05) is 18.4 Å². The Balaban J connectivity index is 1.42. The summed E-state index contributed by atoms with van der Waals surface area (Å²) in [6.07, 6.45) is 2.55. The number of nitrogens with one attached hydrogen (secondary N) is 1. The number of nitrogens with zero attached hydrogens (tertiary/aromatic N) is 2. The number of ketones is 1. The molecule has 0 unspecified atom stereocenters. The first-order valence-corrected chi connectivity index (χ1v) is 9.51. The second kappa shape index (κ2) is 7.36. The fourth-order valence-electron chi connectivity index (χ4n) is 3.69. The zero-order valence-corrected chi connectivity index (χ0v) is 16.1. The molecule has 1 aromatic heterocycles. The number of Topliss-reactive ketones (excluding diaryl/α,β-unsaturated/α-hetero) is 1. The highest BCUT2D eigenvalue weighted by Gasteiger charge is 2.44. The number of piperidine rings is 1. The molecule has 4 rings (SSSR count). The van der Waals surface area contributed by atoms with Crippen LogP contribution in [0.1, 0.15) is 40.0 Å². The van der Waals surface area contributed by atoms with Crippen molar-refractivity contribution >= 4 is 35.2 Å².